The van der Waals surface area contributed by atoms with Gasteiger partial charge in [0.1, 0.15) is 18.1 Å². The molecule has 21 heavy (non-hydrogen) atoms. The summed E-state index contributed by atoms with van der Waals surface area (Å²) in [6, 6.07) is 12.2. The summed E-state index contributed by atoms with van der Waals surface area (Å²) >= 11 is 3.48. The highest BCUT2D eigenvalue weighted by atomic mass is 79.9. The summed E-state index contributed by atoms with van der Waals surface area (Å²) in [5, 5.41) is 0. The number of benzene rings is 2. The minimum Gasteiger partial charge on any atom is -0.496 e. The fourth-order valence-corrected chi connectivity index (χ4v) is 2.82. The van der Waals surface area contributed by atoms with Crippen molar-refractivity contribution < 1.29 is 9.47 Å². The highest BCUT2D eigenvalue weighted by molar-refractivity contribution is 9.10. The van der Waals surface area contributed by atoms with E-state index >= 15 is 0 Å². The monoisotopic (exact) mass is 348 g/mol. The molecule has 0 aromatic heterocycles. The van der Waals surface area contributed by atoms with Gasteiger partial charge in [-0.2, -0.15) is 0 Å². The minimum absolute atomic E-state index is 0.489. The molecule has 0 saturated heterocycles. The third kappa shape index (κ3) is 4.01. The van der Waals surface area contributed by atoms with E-state index in [4.69, 9.17) is 9.47 Å². The predicted octanol–water partition coefficient (Wildman–Crippen LogP) is 5.47. The quantitative estimate of drug-likeness (QED) is 0.713. The fourth-order valence-electron chi connectivity index (χ4n) is 2.41. The molecular weight excluding hydrogens is 328 g/mol. The molecule has 0 saturated carbocycles. The molecule has 0 bridgehead atoms. The fraction of sp³-hybridized carbons (Fsp3) is 0.333. The van der Waals surface area contributed by atoms with Gasteiger partial charge in [-0.1, -0.05) is 35.8 Å². The Kier molecular flexibility index (Phi) is 5.29. The van der Waals surface area contributed by atoms with Crippen molar-refractivity contribution in [1.29, 1.82) is 0 Å². The predicted molar refractivity (Wildman–Crippen MR) is 90.3 cm³/mol. The van der Waals surface area contributed by atoms with Crippen LogP contribution in [0.5, 0.6) is 11.5 Å². The zero-order chi connectivity index (χ0) is 15.4. The summed E-state index contributed by atoms with van der Waals surface area (Å²) in [5.41, 5.74) is 3.66. The smallest absolute Gasteiger partial charge is 0.125 e. The Morgan fingerprint density at radius 2 is 1.86 bits per heavy atom. The van der Waals surface area contributed by atoms with Crippen molar-refractivity contribution in [3.63, 3.8) is 0 Å². The summed E-state index contributed by atoms with van der Waals surface area (Å²) in [4.78, 5) is 0. The van der Waals surface area contributed by atoms with E-state index in [0.29, 0.717) is 12.5 Å². The number of halogens is 1. The second-order valence-electron chi connectivity index (χ2n) is 5.42. The van der Waals surface area contributed by atoms with E-state index in [-0.39, 0.29) is 0 Å². The lowest BCUT2D eigenvalue weighted by Gasteiger charge is -2.14. The van der Waals surface area contributed by atoms with Crippen molar-refractivity contribution in [3.05, 3.63) is 57.6 Å². The first-order valence-electron chi connectivity index (χ1n) is 7.07. The SMILES string of the molecule is COc1ccc(Br)cc1COc1ccc(C(C)C)c(C)c1. The van der Waals surface area contributed by atoms with Crippen LogP contribution in [0.3, 0.4) is 0 Å². The van der Waals surface area contributed by atoms with E-state index in [9.17, 15) is 0 Å². The van der Waals surface area contributed by atoms with Crippen LogP contribution in [-0.4, -0.2) is 7.11 Å². The van der Waals surface area contributed by atoms with Gasteiger partial charge < -0.3 is 9.47 Å². The van der Waals surface area contributed by atoms with Gasteiger partial charge in [0.15, 0.2) is 0 Å². The molecule has 2 aromatic carbocycles. The molecule has 112 valence electrons. The first-order valence-corrected chi connectivity index (χ1v) is 7.86. The number of rotatable bonds is 5. The van der Waals surface area contributed by atoms with Crippen molar-refractivity contribution >= 4 is 15.9 Å². The van der Waals surface area contributed by atoms with Crippen molar-refractivity contribution in [2.24, 2.45) is 0 Å². The lowest BCUT2D eigenvalue weighted by molar-refractivity contribution is 0.296. The first kappa shape index (κ1) is 15.9. The Morgan fingerprint density at radius 3 is 2.48 bits per heavy atom. The summed E-state index contributed by atoms with van der Waals surface area (Å²) in [5.74, 6) is 2.26. The molecule has 0 unspecified atom stereocenters. The maximum absolute atomic E-state index is 5.90. The van der Waals surface area contributed by atoms with Crippen LogP contribution in [0.1, 0.15) is 36.5 Å². The van der Waals surface area contributed by atoms with Gasteiger partial charge in [-0.25, -0.2) is 0 Å². The number of aryl methyl sites for hydroxylation is 1. The molecule has 0 aliphatic heterocycles. The summed E-state index contributed by atoms with van der Waals surface area (Å²) in [6.45, 7) is 7.02. The number of hydrogen-bond donors (Lipinski definition) is 0. The van der Waals surface area contributed by atoms with E-state index in [1.807, 2.05) is 24.3 Å². The van der Waals surface area contributed by atoms with E-state index < -0.39 is 0 Å². The summed E-state index contributed by atoms with van der Waals surface area (Å²) in [6.07, 6.45) is 0. The largest absolute Gasteiger partial charge is 0.496 e. The molecule has 0 aliphatic rings. The van der Waals surface area contributed by atoms with Gasteiger partial charge in [0.05, 0.1) is 7.11 Å². The van der Waals surface area contributed by atoms with Crippen LogP contribution >= 0.6 is 15.9 Å². The third-order valence-corrected chi connectivity index (χ3v) is 3.99. The molecule has 0 N–H and O–H groups in total. The number of hydrogen-bond acceptors (Lipinski definition) is 2. The lowest BCUT2D eigenvalue weighted by atomic mass is 9.98. The molecule has 0 spiro atoms. The topological polar surface area (TPSA) is 18.5 Å². The van der Waals surface area contributed by atoms with Gasteiger partial charge >= 0.3 is 0 Å². The van der Waals surface area contributed by atoms with Gasteiger partial charge in [-0.05, 0) is 54.3 Å². The molecule has 0 amide bonds. The van der Waals surface area contributed by atoms with Crippen molar-refractivity contribution in [2.75, 3.05) is 7.11 Å². The third-order valence-electron chi connectivity index (χ3n) is 3.50. The molecule has 2 nitrogen and oxygen atoms in total. The highest BCUT2D eigenvalue weighted by Gasteiger charge is 2.07. The highest BCUT2D eigenvalue weighted by Crippen LogP contribution is 2.27. The Labute approximate surface area is 135 Å². The van der Waals surface area contributed by atoms with Gasteiger partial charge in [0.25, 0.3) is 0 Å². The van der Waals surface area contributed by atoms with Crippen molar-refractivity contribution in [3.8, 4) is 11.5 Å². The van der Waals surface area contributed by atoms with Crippen LogP contribution in [0.2, 0.25) is 0 Å². The van der Waals surface area contributed by atoms with Crippen molar-refractivity contribution in [2.45, 2.75) is 33.3 Å². The molecule has 2 aromatic rings. The van der Waals surface area contributed by atoms with Gasteiger partial charge in [-0.15, -0.1) is 0 Å². The average molecular weight is 349 g/mol. The zero-order valence-electron chi connectivity index (χ0n) is 12.9. The molecule has 0 heterocycles. The van der Waals surface area contributed by atoms with Gasteiger partial charge in [-0.3, -0.25) is 0 Å². The molecule has 3 heteroatoms. The van der Waals surface area contributed by atoms with Crippen LogP contribution in [0, 0.1) is 6.92 Å². The van der Waals surface area contributed by atoms with Gasteiger partial charge in [0.2, 0.25) is 0 Å². The molecule has 0 aliphatic carbocycles. The van der Waals surface area contributed by atoms with E-state index in [1.54, 1.807) is 7.11 Å². The summed E-state index contributed by atoms with van der Waals surface area (Å²) in [7, 11) is 1.67. The van der Waals surface area contributed by atoms with Crippen LogP contribution < -0.4 is 9.47 Å². The van der Waals surface area contributed by atoms with E-state index in [2.05, 4.69) is 48.8 Å². The zero-order valence-corrected chi connectivity index (χ0v) is 14.5. The molecule has 0 radical (unpaired) electrons. The van der Waals surface area contributed by atoms with Crippen molar-refractivity contribution in [1.82, 2.24) is 0 Å². The second-order valence-corrected chi connectivity index (χ2v) is 6.33. The standard InChI is InChI=1S/C18H21BrO2/c1-12(2)17-7-6-16(9-13(17)3)21-11-14-10-15(19)5-8-18(14)20-4/h5-10,12H,11H2,1-4H3. The van der Waals surface area contributed by atoms with Crippen LogP contribution in [0.4, 0.5) is 0 Å². The Bertz CT molecular complexity index is 621. The molecule has 0 atom stereocenters. The maximum atomic E-state index is 5.90. The van der Waals surface area contributed by atoms with E-state index in [0.717, 1.165) is 21.5 Å². The number of ether oxygens (including phenoxy) is 2. The second kappa shape index (κ2) is 6.99. The molecular formula is C18H21BrO2. The van der Waals surface area contributed by atoms with Crippen LogP contribution in [0.25, 0.3) is 0 Å². The normalized spacial score (nSPS) is 10.8. The Morgan fingerprint density at radius 1 is 1.10 bits per heavy atom. The van der Waals surface area contributed by atoms with E-state index in [1.165, 1.54) is 11.1 Å². The maximum Gasteiger partial charge on any atom is 0.125 e. The number of methoxy groups -OCH3 is 1. The Hall–Kier alpha value is -1.48. The minimum atomic E-state index is 0.489. The molecule has 2 rings (SSSR count). The average Bonchev–Trinajstić information content (AvgIpc) is 2.45. The Balaban J connectivity index is 2.13. The van der Waals surface area contributed by atoms with Gasteiger partial charge in [0, 0.05) is 10.0 Å². The first-order chi connectivity index (χ1) is 10.0. The molecule has 0 fully saturated rings. The lowest BCUT2D eigenvalue weighted by Crippen LogP contribution is -2.00. The summed E-state index contributed by atoms with van der Waals surface area (Å²) < 4.78 is 12.3. The van der Waals surface area contributed by atoms with Crippen LogP contribution in [-0.2, 0) is 6.61 Å². The van der Waals surface area contributed by atoms with Crippen LogP contribution in [0.15, 0.2) is 40.9 Å².